The maximum Gasteiger partial charge on any atom is 0.0620 e. The van der Waals surface area contributed by atoms with Crippen LogP contribution >= 0.6 is 0 Å². The fraction of sp³-hybridized carbons (Fsp3) is 1.00. The molecule has 0 saturated heterocycles. The van der Waals surface area contributed by atoms with Gasteiger partial charge in [-0.1, -0.05) is 26.2 Å². The van der Waals surface area contributed by atoms with Crippen LogP contribution in [0.4, 0.5) is 0 Å². The third-order valence-electron chi connectivity index (χ3n) is 3.37. The Kier molecular flexibility index (Phi) is 7.81. The molecule has 1 unspecified atom stereocenters. The Labute approximate surface area is 99.6 Å². The molecule has 0 amide bonds. The van der Waals surface area contributed by atoms with Crippen molar-refractivity contribution >= 4 is 0 Å². The van der Waals surface area contributed by atoms with Crippen molar-refractivity contribution in [2.45, 2.75) is 51.5 Å². The van der Waals surface area contributed by atoms with Gasteiger partial charge in [0.05, 0.1) is 6.61 Å². The first-order chi connectivity index (χ1) is 7.86. The molecule has 1 atom stereocenters. The molecule has 1 aliphatic carbocycles. The minimum absolute atomic E-state index is 0.243. The number of hydrogen-bond acceptors (Lipinski definition) is 3. The van der Waals surface area contributed by atoms with Gasteiger partial charge in [0.15, 0.2) is 0 Å². The highest BCUT2D eigenvalue weighted by Gasteiger charge is 2.16. The molecule has 0 aromatic carbocycles. The molecule has 3 heteroatoms. The zero-order chi connectivity index (χ0) is 11.6. The van der Waals surface area contributed by atoms with Crippen LogP contribution in [0.15, 0.2) is 0 Å². The molecule has 16 heavy (non-hydrogen) atoms. The summed E-state index contributed by atoms with van der Waals surface area (Å²) in [6.07, 6.45) is 7.36. The van der Waals surface area contributed by atoms with Gasteiger partial charge in [0.25, 0.3) is 0 Å². The van der Waals surface area contributed by atoms with Crippen LogP contribution in [0.5, 0.6) is 0 Å². The molecule has 0 aromatic heterocycles. The van der Waals surface area contributed by atoms with Crippen LogP contribution in [0.2, 0.25) is 0 Å². The van der Waals surface area contributed by atoms with Crippen LogP contribution in [0.25, 0.3) is 0 Å². The van der Waals surface area contributed by atoms with Crippen molar-refractivity contribution in [2.75, 3.05) is 26.4 Å². The monoisotopic (exact) mass is 229 g/mol. The molecule has 0 radical (unpaired) electrons. The highest BCUT2D eigenvalue weighted by Crippen LogP contribution is 2.29. The number of ether oxygens (including phenoxy) is 1. The Morgan fingerprint density at radius 2 is 2.25 bits per heavy atom. The molecule has 1 rings (SSSR count). The number of aliphatic hydroxyl groups excluding tert-OH is 1. The van der Waals surface area contributed by atoms with Gasteiger partial charge in [-0.25, -0.2) is 0 Å². The van der Waals surface area contributed by atoms with Crippen molar-refractivity contribution in [1.29, 1.82) is 0 Å². The van der Waals surface area contributed by atoms with Crippen LogP contribution in [-0.4, -0.2) is 37.5 Å². The summed E-state index contributed by atoms with van der Waals surface area (Å²) in [6, 6.07) is 0.325. The first-order valence-corrected chi connectivity index (χ1v) is 6.78. The lowest BCUT2D eigenvalue weighted by molar-refractivity contribution is 0.0821. The molecule has 1 saturated carbocycles. The van der Waals surface area contributed by atoms with Gasteiger partial charge in [0.2, 0.25) is 0 Å². The van der Waals surface area contributed by atoms with Crippen LogP contribution < -0.4 is 5.32 Å². The standard InChI is InChI=1S/C13H27NO2/c1-2-8-14-13(6-9-15)11-16-10-7-12-4-3-5-12/h12-15H,2-11H2,1H3. The summed E-state index contributed by atoms with van der Waals surface area (Å²) in [7, 11) is 0. The molecule has 96 valence electrons. The molecular formula is C13H27NO2. The van der Waals surface area contributed by atoms with Gasteiger partial charge in [-0.15, -0.1) is 0 Å². The van der Waals surface area contributed by atoms with Gasteiger partial charge in [-0.2, -0.15) is 0 Å². The molecule has 0 aliphatic heterocycles. The topological polar surface area (TPSA) is 41.5 Å². The molecule has 0 heterocycles. The lowest BCUT2D eigenvalue weighted by atomic mass is 9.83. The van der Waals surface area contributed by atoms with E-state index in [0.717, 1.165) is 38.5 Å². The molecular weight excluding hydrogens is 202 g/mol. The molecule has 0 bridgehead atoms. The van der Waals surface area contributed by atoms with Crippen LogP contribution in [0.1, 0.15) is 45.4 Å². The van der Waals surface area contributed by atoms with E-state index in [1.807, 2.05) is 0 Å². The highest BCUT2D eigenvalue weighted by atomic mass is 16.5. The minimum atomic E-state index is 0.243. The average molecular weight is 229 g/mol. The first-order valence-electron chi connectivity index (χ1n) is 6.78. The van der Waals surface area contributed by atoms with Crippen molar-refractivity contribution < 1.29 is 9.84 Å². The van der Waals surface area contributed by atoms with E-state index in [0.29, 0.717) is 6.04 Å². The zero-order valence-electron chi connectivity index (χ0n) is 10.6. The largest absolute Gasteiger partial charge is 0.396 e. The quantitative estimate of drug-likeness (QED) is 0.563. The minimum Gasteiger partial charge on any atom is -0.396 e. The number of rotatable bonds is 10. The van der Waals surface area contributed by atoms with E-state index in [1.54, 1.807) is 0 Å². The molecule has 0 spiro atoms. The summed E-state index contributed by atoms with van der Waals surface area (Å²) < 4.78 is 5.68. The Balaban J connectivity index is 1.96. The van der Waals surface area contributed by atoms with E-state index in [-0.39, 0.29) is 6.61 Å². The van der Waals surface area contributed by atoms with Crippen LogP contribution in [0.3, 0.4) is 0 Å². The molecule has 1 fully saturated rings. The van der Waals surface area contributed by atoms with Gasteiger partial charge in [0, 0.05) is 19.3 Å². The van der Waals surface area contributed by atoms with E-state index in [2.05, 4.69) is 12.2 Å². The number of nitrogens with one attached hydrogen (secondary N) is 1. The van der Waals surface area contributed by atoms with Crippen molar-refractivity contribution in [2.24, 2.45) is 5.92 Å². The molecule has 2 N–H and O–H groups in total. The smallest absolute Gasteiger partial charge is 0.0620 e. The average Bonchev–Trinajstić information content (AvgIpc) is 2.23. The van der Waals surface area contributed by atoms with Gasteiger partial charge in [-0.3, -0.25) is 0 Å². The lowest BCUT2D eigenvalue weighted by Crippen LogP contribution is -2.35. The zero-order valence-corrected chi connectivity index (χ0v) is 10.6. The second-order valence-corrected chi connectivity index (χ2v) is 4.82. The normalized spacial score (nSPS) is 18.4. The van der Waals surface area contributed by atoms with E-state index in [1.165, 1.54) is 25.7 Å². The van der Waals surface area contributed by atoms with Gasteiger partial charge in [0.1, 0.15) is 0 Å². The van der Waals surface area contributed by atoms with Crippen molar-refractivity contribution in [3.8, 4) is 0 Å². The second kappa shape index (κ2) is 8.97. The predicted molar refractivity (Wildman–Crippen MR) is 66.6 cm³/mol. The second-order valence-electron chi connectivity index (χ2n) is 4.82. The van der Waals surface area contributed by atoms with Gasteiger partial charge >= 0.3 is 0 Å². The third kappa shape index (κ3) is 5.83. The molecule has 1 aliphatic rings. The summed E-state index contributed by atoms with van der Waals surface area (Å²) >= 11 is 0. The Bertz CT molecular complexity index is 160. The number of aliphatic hydroxyl groups is 1. The maximum absolute atomic E-state index is 8.93. The predicted octanol–water partition coefficient (Wildman–Crippen LogP) is 1.94. The number of hydrogen-bond donors (Lipinski definition) is 2. The van der Waals surface area contributed by atoms with Gasteiger partial charge in [-0.05, 0) is 31.7 Å². The van der Waals surface area contributed by atoms with Crippen molar-refractivity contribution in [3.63, 3.8) is 0 Å². The first kappa shape index (κ1) is 13.9. The summed E-state index contributed by atoms with van der Waals surface area (Å²) in [4.78, 5) is 0. The van der Waals surface area contributed by atoms with Crippen LogP contribution in [-0.2, 0) is 4.74 Å². The van der Waals surface area contributed by atoms with Crippen molar-refractivity contribution in [3.05, 3.63) is 0 Å². The van der Waals surface area contributed by atoms with E-state index in [9.17, 15) is 0 Å². The molecule has 0 aromatic rings. The third-order valence-corrected chi connectivity index (χ3v) is 3.37. The van der Waals surface area contributed by atoms with Crippen molar-refractivity contribution in [1.82, 2.24) is 5.32 Å². The van der Waals surface area contributed by atoms with E-state index >= 15 is 0 Å². The summed E-state index contributed by atoms with van der Waals surface area (Å²) in [6.45, 7) is 5.04. The summed E-state index contributed by atoms with van der Waals surface area (Å²) in [5, 5.41) is 12.3. The highest BCUT2D eigenvalue weighted by molar-refractivity contribution is 4.69. The van der Waals surface area contributed by atoms with E-state index < -0.39 is 0 Å². The van der Waals surface area contributed by atoms with Crippen LogP contribution in [0, 0.1) is 5.92 Å². The maximum atomic E-state index is 8.93. The Morgan fingerprint density at radius 1 is 1.44 bits per heavy atom. The molecule has 3 nitrogen and oxygen atoms in total. The SMILES string of the molecule is CCCNC(CCO)COCCC1CCC1. The summed E-state index contributed by atoms with van der Waals surface area (Å²) in [5.74, 6) is 0.930. The summed E-state index contributed by atoms with van der Waals surface area (Å²) in [5.41, 5.74) is 0. The Morgan fingerprint density at radius 3 is 2.81 bits per heavy atom. The fourth-order valence-corrected chi connectivity index (χ4v) is 2.01. The Hall–Kier alpha value is -0.120. The fourth-order valence-electron chi connectivity index (χ4n) is 2.01. The van der Waals surface area contributed by atoms with Gasteiger partial charge < -0.3 is 15.2 Å². The lowest BCUT2D eigenvalue weighted by Gasteiger charge is -2.25. The van der Waals surface area contributed by atoms with E-state index in [4.69, 9.17) is 9.84 Å².